The molecule has 0 atom stereocenters. The summed E-state index contributed by atoms with van der Waals surface area (Å²) in [5, 5.41) is 17.1. The minimum absolute atomic E-state index is 0.113. The zero-order valence-electron chi connectivity index (χ0n) is 9.39. The molecule has 0 rings (SSSR count). The van der Waals surface area contributed by atoms with Crippen LogP contribution < -0.4 is 0 Å². The van der Waals surface area contributed by atoms with Gasteiger partial charge in [-0.3, -0.25) is 14.4 Å². The first-order chi connectivity index (χ1) is 7.97. The fourth-order valence-corrected chi connectivity index (χ4v) is 1.22. The van der Waals surface area contributed by atoms with E-state index in [1.165, 1.54) is 0 Å². The lowest BCUT2D eigenvalue weighted by Crippen LogP contribution is -2.39. The van der Waals surface area contributed by atoms with E-state index in [0.717, 1.165) is 4.90 Å². The van der Waals surface area contributed by atoms with Gasteiger partial charge in [0.25, 0.3) is 0 Å². The van der Waals surface area contributed by atoms with E-state index in [-0.39, 0.29) is 6.42 Å². The number of unbranched alkanes of at least 4 members (excludes halogenated alkanes) is 2. The Morgan fingerprint density at radius 2 is 1.59 bits per heavy atom. The fourth-order valence-electron chi connectivity index (χ4n) is 1.22. The molecule has 0 aromatic carbocycles. The molecule has 0 heterocycles. The first kappa shape index (κ1) is 15.0. The Balaban J connectivity index is 4.18. The van der Waals surface area contributed by atoms with Gasteiger partial charge >= 0.3 is 11.9 Å². The standard InChI is InChI=1S/C11H15NO5/c1-2-3-4-5-6-9(13)12(7-10(14)15)8-11(16)17/h1H,3-8H2,(H,14,15)(H,16,17). The van der Waals surface area contributed by atoms with Crippen molar-refractivity contribution >= 4 is 17.8 Å². The highest BCUT2D eigenvalue weighted by molar-refractivity contribution is 5.85. The van der Waals surface area contributed by atoms with E-state index < -0.39 is 30.9 Å². The summed E-state index contributed by atoms with van der Waals surface area (Å²) in [6.07, 6.45) is 6.89. The Labute approximate surface area is 99.2 Å². The van der Waals surface area contributed by atoms with Crippen molar-refractivity contribution in [3.05, 3.63) is 0 Å². The van der Waals surface area contributed by atoms with Crippen LogP contribution in [0.5, 0.6) is 0 Å². The Hall–Kier alpha value is -2.03. The highest BCUT2D eigenvalue weighted by atomic mass is 16.4. The first-order valence-corrected chi connectivity index (χ1v) is 5.12. The number of carboxylic acid groups (broad SMARTS) is 2. The summed E-state index contributed by atoms with van der Waals surface area (Å²) in [5.41, 5.74) is 0. The molecule has 94 valence electrons. The number of nitrogens with zero attached hydrogens (tertiary/aromatic N) is 1. The lowest BCUT2D eigenvalue weighted by atomic mass is 10.2. The van der Waals surface area contributed by atoms with E-state index in [4.69, 9.17) is 16.6 Å². The van der Waals surface area contributed by atoms with E-state index in [2.05, 4.69) is 5.92 Å². The van der Waals surface area contributed by atoms with Gasteiger partial charge in [-0.15, -0.1) is 12.3 Å². The second kappa shape index (κ2) is 8.16. The maximum Gasteiger partial charge on any atom is 0.323 e. The van der Waals surface area contributed by atoms with Crippen LogP contribution in [0.4, 0.5) is 0 Å². The number of amides is 1. The van der Waals surface area contributed by atoms with Crippen LogP contribution in [0.25, 0.3) is 0 Å². The Morgan fingerprint density at radius 3 is 2.00 bits per heavy atom. The summed E-state index contributed by atoms with van der Waals surface area (Å²) in [7, 11) is 0. The number of aliphatic carboxylic acids is 2. The van der Waals surface area contributed by atoms with Crippen molar-refractivity contribution in [2.45, 2.75) is 25.7 Å². The topological polar surface area (TPSA) is 94.9 Å². The van der Waals surface area contributed by atoms with Gasteiger partial charge in [-0.05, 0) is 12.8 Å². The molecule has 17 heavy (non-hydrogen) atoms. The summed E-state index contributed by atoms with van der Waals surface area (Å²) in [6, 6.07) is 0. The molecule has 0 aliphatic carbocycles. The molecule has 0 aromatic rings. The third-order valence-corrected chi connectivity index (χ3v) is 1.97. The van der Waals surface area contributed by atoms with Crippen molar-refractivity contribution in [2.24, 2.45) is 0 Å². The molecular weight excluding hydrogens is 226 g/mol. The second-order valence-corrected chi connectivity index (χ2v) is 3.45. The number of terminal acetylenes is 1. The molecule has 1 amide bonds. The van der Waals surface area contributed by atoms with Crippen LogP contribution in [0.15, 0.2) is 0 Å². The quantitative estimate of drug-likeness (QED) is 0.467. The van der Waals surface area contributed by atoms with Gasteiger partial charge in [0, 0.05) is 12.8 Å². The Morgan fingerprint density at radius 1 is 1.06 bits per heavy atom. The normalized spacial score (nSPS) is 9.35. The molecule has 0 saturated carbocycles. The van der Waals surface area contributed by atoms with Crippen molar-refractivity contribution in [3.63, 3.8) is 0 Å². The highest BCUT2D eigenvalue weighted by Gasteiger charge is 2.18. The van der Waals surface area contributed by atoms with Gasteiger partial charge < -0.3 is 15.1 Å². The van der Waals surface area contributed by atoms with Gasteiger partial charge in [-0.25, -0.2) is 0 Å². The molecule has 2 N–H and O–H groups in total. The highest BCUT2D eigenvalue weighted by Crippen LogP contribution is 2.03. The second-order valence-electron chi connectivity index (χ2n) is 3.45. The molecule has 0 saturated heterocycles. The average Bonchev–Trinajstić information content (AvgIpc) is 2.22. The first-order valence-electron chi connectivity index (χ1n) is 5.12. The van der Waals surface area contributed by atoms with Gasteiger partial charge in [0.15, 0.2) is 0 Å². The van der Waals surface area contributed by atoms with Crippen molar-refractivity contribution in [1.82, 2.24) is 4.90 Å². The minimum atomic E-state index is -1.23. The van der Waals surface area contributed by atoms with Gasteiger partial charge in [-0.2, -0.15) is 0 Å². The van der Waals surface area contributed by atoms with Gasteiger partial charge in [0.05, 0.1) is 0 Å². The van der Waals surface area contributed by atoms with Crippen LogP contribution >= 0.6 is 0 Å². The van der Waals surface area contributed by atoms with Crippen LogP contribution in [0, 0.1) is 12.3 Å². The SMILES string of the molecule is C#CCCCCC(=O)N(CC(=O)O)CC(=O)O. The van der Waals surface area contributed by atoms with E-state index in [1.807, 2.05) is 0 Å². The third-order valence-electron chi connectivity index (χ3n) is 1.97. The predicted octanol–water partition coefficient (Wildman–Crippen LogP) is 0.178. The molecule has 6 heteroatoms. The van der Waals surface area contributed by atoms with Crippen molar-refractivity contribution in [1.29, 1.82) is 0 Å². The molecule has 0 aliphatic heterocycles. The Kier molecular flexibility index (Phi) is 7.19. The number of hydrogen-bond donors (Lipinski definition) is 2. The van der Waals surface area contributed by atoms with Crippen LogP contribution in [0.2, 0.25) is 0 Å². The zero-order valence-corrected chi connectivity index (χ0v) is 9.39. The van der Waals surface area contributed by atoms with Gasteiger partial charge in [0.2, 0.25) is 5.91 Å². The largest absolute Gasteiger partial charge is 0.480 e. The summed E-state index contributed by atoms with van der Waals surface area (Å²) < 4.78 is 0. The molecule has 0 aromatic heterocycles. The lowest BCUT2D eigenvalue weighted by Gasteiger charge is -2.18. The molecule has 6 nitrogen and oxygen atoms in total. The summed E-state index contributed by atoms with van der Waals surface area (Å²) in [6.45, 7) is -1.19. The molecule has 0 aliphatic rings. The zero-order chi connectivity index (χ0) is 13.3. The van der Waals surface area contributed by atoms with Crippen molar-refractivity contribution in [3.8, 4) is 12.3 Å². The molecule has 0 unspecified atom stereocenters. The fraction of sp³-hybridized carbons (Fsp3) is 0.545. The van der Waals surface area contributed by atoms with Crippen molar-refractivity contribution < 1.29 is 24.6 Å². The molecular formula is C11H15NO5. The number of rotatable bonds is 8. The van der Waals surface area contributed by atoms with E-state index in [9.17, 15) is 14.4 Å². The number of hydrogen-bond acceptors (Lipinski definition) is 3. The van der Waals surface area contributed by atoms with Gasteiger partial charge in [0.1, 0.15) is 13.1 Å². The van der Waals surface area contributed by atoms with Gasteiger partial charge in [-0.1, -0.05) is 0 Å². The number of carboxylic acids is 2. The Bertz CT molecular complexity index is 315. The summed E-state index contributed by atoms with van der Waals surface area (Å²) >= 11 is 0. The van der Waals surface area contributed by atoms with Crippen LogP contribution in [0.3, 0.4) is 0 Å². The molecule has 0 fully saturated rings. The molecule has 0 spiro atoms. The number of carbonyl (C=O) groups excluding carboxylic acids is 1. The smallest absolute Gasteiger partial charge is 0.323 e. The van der Waals surface area contributed by atoms with Crippen LogP contribution in [-0.2, 0) is 14.4 Å². The van der Waals surface area contributed by atoms with Crippen molar-refractivity contribution in [2.75, 3.05) is 13.1 Å². The maximum absolute atomic E-state index is 11.5. The van der Waals surface area contributed by atoms with E-state index in [1.54, 1.807) is 0 Å². The monoisotopic (exact) mass is 241 g/mol. The number of carbonyl (C=O) groups is 3. The third kappa shape index (κ3) is 7.85. The van der Waals surface area contributed by atoms with E-state index >= 15 is 0 Å². The van der Waals surface area contributed by atoms with Crippen LogP contribution in [0.1, 0.15) is 25.7 Å². The van der Waals surface area contributed by atoms with E-state index in [0.29, 0.717) is 19.3 Å². The summed E-state index contributed by atoms with van der Waals surface area (Å²) in [5.74, 6) is -0.524. The predicted molar refractivity (Wildman–Crippen MR) is 59.2 cm³/mol. The average molecular weight is 241 g/mol. The molecule has 0 radical (unpaired) electrons. The lowest BCUT2D eigenvalue weighted by molar-refractivity contribution is -0.149. The molecule has 0 bridgehead atoms. The maximum atomic E-state index is 11.5. The summed E-state index contributed by atoms with van der Waals surface area (Å²) in [4.78, 5) is 33.2. The van der Waals surface area contributed by atoms with Crippen LogP contribution in [-0.4, -0.2) is 46.0 Å². The minimum Gasteiger partial charge on any atom is -0.480 e.